The smallest absolute Gasteiger partial charge is 0.0787 e. The monoisotopic (exact) mass is 812 g/mol. The second-order valence-electron chi connectivity index (χ2n) is 18.3. The maximum absolute atomic E-state index is 4.91. The summed E-state index contributed by atoms with van der Waals surface area (Å²) in [7, 11) is 0. The lowest BCUT2D eigenvalue weighted by Gasteiger charge is -2.16. The van der Waals surface area contributed by atoms with Crippen LogP contribution < -0.4 is 0 Å². The average Bonchev–Trinajstić information content (AvgIpc) is 3.85. The van der Waals surface area contributed by atoms with Crippen molar-refractivity contribution in [1.29, 1.82) is 0 Å². The van der Waals surface area contributed by atoms with E-state index in [0.717, 1.165) is 11.4 Å². The molecule has 298 valence electrons. The third kappa shape index (κ3) is 4.80. The van der Waals surface area contributed by atoms with Crippen LogP contribution in [0.3, 0.4) is 0 Å². The molecule has 2 heteroatoms. The van der Waals surface area contributed by atoms with Gasteiger partial charge in [0.2, 0.25) is 0 Å². The second kappa shape index (κ2) is 12.8. The van der Waals surface area contributed by atoms with E-state index in [4.69, 9.17) is 9.97 Å². The summed E-state index contributed by atoms with van der Waals surface area (Å²) in [6, 6.07) is 59.8. The summed E-state index contributed by atoms with van der Waals surface area (Å²) >= 11 is 0. The summed E-state index contributed by atoms with van der Waals surface area (Å²) in [5.41, 5.74) is 22.3. The van der Waals surface area contributed by atoms with E-state index in [1.54, 1.807) is 0 Å². The second-order valence-corrected chi connectivity index (χ2v) is 18.3. The number of rotatable bonds is 3. The van der Waals surface area contributed by atoms with Crippen LogP contribution in [-0.4, -0.2) is 9.97 Å². The quantitative estimate of drug-likeness (QED) is 0.166. The lowest BCUT2D eigenvalue weighted by Crippen LogP contribution is -1.90. The van der Waals surface area contributed by atoms with Gasteiger partial charge in [-0.3, -0.25) is 9.97 Å². The van der Waals surface area contributed by atoms with Crippen LogP contribution in [0.5, 0.6) is 0 Å². The molecule has 0 spiro atoms. The van der Waals surface area contributed by atoms with Crippen molar-refractivity contribution >= 4 is 64.6 Å². The van der Waals surface area contributed by atoms with Gasteiger partial charge in [0.1, 0.15) is 0 Å². The molecule has 0 atom stereocenters. The third-order valence-electron chi connectivity index (χ3n) is 14.6. The van der Waals surface area contributed by atoms with Crippen molar-refractivity contribution in [3.05, 3.63) is 192 Å². The van der Waals surface area contributed by atoms with Gasteiger partial charge in [0.25, 0.3) is 0 Å². The number of hydrogen-bond donors (Lipinski definition) is 0. The summed E-state index contributed by atoms with van der Waals surface area (Å²) in [6.45, 7) is 8.84. The van der Waals surface area contributed by atoms with E-state index in [1.165, 1.54) is 154 Å². The van der Waals surface area contributed by atoms with Gasteiger partial charge < -0.3 is 0 Å². The van der Waals surface area contributed by atoms with Crippen LogP contribution in [-0.2, 0) is 0 Å². The Balaban J connectivity index is 0.886. The molecule has 10 aromatic carbocycles. The zero-order valence-electron chi connectivity index (χ0n) is 36.1. The SMILES string of the molecule is Cc1ccc2c(c1)c(-c1ccc(-c3ccc(-c4cc5c6ccc(C)c7c6c(cc5c5ccc(C)cc45)-c4ncccc4-7)cc3)cc1)cc1c3ccc(C)c4c3c(cc21)-c1ncccc1-4. The first kappa shape index (κ1) is 35.6. The van der Waals surface area contributed by atoms with Gasteiger partial charge in [-0.15, -0.1) is 0 Å². The Morgan fingerprint density at radius 1 is 0.281 bits per heavy atom. The maximum Gasteiger partial charge on any atom is 0.0787 e. The van der Waals surface area contributed by atoms with Gasteiger partial charge in [0, 0.05) is 34.6 Å². The Bertz CT molecular complexity index is 3810. The fourth-order valence-electron chi connectivity index (χ4n) is 11.6. The highest BCUT2D eigenvalue weighted by Gasteiger charge is 2.28. The molecule has 12 aromatic rings. The van der Waals surface area contributed by atoms with E-state index in [2.05, 4.69) is 185 Å². The first-order valence-corrected chi connectivity index (χ1v) is 22.4. The van der Waals surface area contributed by atoms with E-state index >= 15 is 0 Å². The fourth-order valence-corrected chi connectivity index (χ4v) is 11.6. The minimum Gasteiger partial charge on any atom is -0.256 e. The number of pyridine rings is 2. The van der Waals surface area contributed by atoms with Crippen molar-refractivity contribution in [3.8, 4) is 78.1 Å². The number of aryl methyl sites for hydroxylation is 4. The van der Waals surface area contributed by atoms with Crippen LogP contribution in [0.1, 0.15) is 22.3 Å². The summed E-state index contributed by atoms with van der Waals surface area (Å²) in [4.78, 5) is 9.82. The van der Waals surface area contributed by atoms with Crippen LogP contribution in [0.4, 0.5) is 0 Å². The predicted octanol–water partition coefficient (Wildman–Crippen LogP) is 16.9. The fraction of sp³-hybridized carbons (Fsp3) is 0.0645. The van der Waals surface area contributed by atoms with Crippen LogP contribution in [0, 0.1) is 27.7 Å². The van der Waals surface area contributed by atoms with Crippen molar-refractivity contribution in [2.45, 2.75) is 27.7 Å². The van der Waals surface area contributed by atoms with Gasteiger partial charge in [-0.05, 0) is 184 Å². The minimum absolute atomic E-state index is 1.09. The molecule has 2 heterocycles. The van der Waals surface area contributed by atoms with E-state index in [9.17, 15) is 0 Å². The molecule has 2 aliphatic carbocycles. The van der Waals surface area contributed by atoms with Gasteiger partial charge in [0.05, 0.1) is 11.4 Å². The van der Waals surface area contributed by atoms with E-state index < -0.39 is 0 Å². The molecular formula is C62H40N2. The molecule has 0 saturated heterocycles. The van der Waals surface area contributed by atoms with Gasteiger partial charge in [-0.25, -0.2) is 0 Å². The van der Waals surface area contributed by atoms with Crippen molar-refractivity contribution in [2.75, 3.05) is 0 Å². The molecule has 0 N–H and O–H groups in total. The zero-order chi connectivity index (χ0) is 42.5. The molecule has 0 unspecified atom stereocenters. The Hall–Kier alpha value is -7.94. The lowest BCUT2D eigenvalue weighted by atomic mass is 9.87. The molecule has 0 fully saturated rings. The summed E-state index contributed by atoms with van der Waals surface area (Å²) in [5.74, 6) is 0. The first-order valence-electron chi connectivity index (χ1n) is 22.4. The van der Waals surface area contributed by atoms with E-state index in [0.29, 0.717) is 0 Å². The first-order chi connectivity index (χ1) is 31.4. The molecule has 0 radical (unpaired) electrons. The molecule has 64 heavy (non-hydrogen) atoms. The topological polar surface area (TPSA) is 25.8 Å². The third-order valence-corrected chi connectivity index (χ3v) is 14.6. The number of fused-ring (bicyclic) bond motifs is 14. The molecule has 2 aliphatic rings. The zero-order valence-corrected chi connectivity index (χ0v) is 36.1. The number of hydrogen-bond acceptors (Lipinski definition) is 2. The van der Waals surface area contributed by atoms with E-state index in [-0.39, 0.29) is 0 Å². The van der Waals surface area contributed by atoms with Crippen molar-refractivity contribution < 1.29 is 0 Å². The van der Waals surface area contributed by atoms with E-state index in [1.807, 2.05) is 12.4 Å². The molecule has 0 aliphatic heterocycles. The van der Waals surface area contributed by atoms with Crippen molar-refractivity contribution in [2.24, 2.45) is 0 Å². The van der Waals surface area contributed by atoms with Crippen molar-refractivity contribution in [3.63, 3.8) is 0 Å². The molecule has 2 nitrogen and oxygen atoms in total. The Morgan fingerprint density at radius 3 is 1.09 bits per heavy atom. The minimum atomic E-state index is 1.09. The lowest BCUT2D eigenvalue weighted by molar-refractivity contribution is 1.34. The molecule has 0 amide bonds. The van der Waals surface area contributed by atoms with Gasteiger partial charge in [-0.2, -0.15) is 0 Å². The van der Waals surface area contributed by atoms with Crippen LogP contribution in [0.2, 0.25) is 0 Å². The van der Waals surface area contributed by atoms with Gasteiger partial charge in [0.15, 0.2) is 0 Å². The molecule has 0 saturated carbocycles. The van der Waals surface area contributed by atoms with Gasteiger partial charge in [-0.1, -0.05) is 132 Å². The largest absolute Gasteiger partial charge is 0.256 e. The van der Waals surface area contributed by atoms with Crippen LogP contribution >= 0.6 is 0 Å². The number of nitrogens with zero attached hydrogens (tertiary/aromatic N) is 2. The van der Waals surface area contributed by atoms with Crippen LogP contribution in [0.15, 0.2) is 170 Å². The average molecular weight is 813 g/mol. The highest BCUT2D eigenvalue weighted by molar-refractivity contribution is 6.30. The summed E-state index contributed by atoms with van der Waals surface area (Å²) < 4.78 is 0. The number of benzene rings is 10. The molecule has 0 bridgehead atoms. The highest BCUT2D eigenvalue weighted by Crippen LogP contribution is 2.53. The van der Waals surface area contributed by atoms with Crippen molar-refractivity contribution in [1.82, 2.24) is 9.97 Å². The van der Waals surface area contributed by atoms with Crippen LogP contribution in [0.25, 0.3) is 143 Å². The Morgan fingerprint density at radius 2 is 0.656 bits per heavy atom. The summed E-state index contributed by atoms with van der Waals surface area (Å²) in [6.07, 6.45) is 3.85. The molecule has 14 rings (SSSR count). The normalized spacial score (nSPS) is 12.4. The summed E-state index contributed by atoms with van der Waals surface area (Å²) in [5, 5.41) is 15.5. The molecular weight excluding hydrogens is 773 g/mol. The van der Waals surface area contributed by atoms with Gasteiger partial charge >= 0.3 is 0 Å². The molecule has 2 aromatic heterocycles. The maximum atomic E-state index is 4.91. The predicted molar refractivity (Wildman–Crippen MR) is 271 cm³/mol. The Kier molecular flexibility index (Phi) is 7.13. The number of aromatic nitrogens is 2. The highest BCUT2D eigenvalue weighted by atomic mass is 14.7. The Labute approximate surface area is 371 Å². The standard InChI is InChI=1S/C62H40N2/c1-33-9-21-41-49(27-33)47(29-53-43-23-11-35(3)57-45-7-5-25-63-61(45)55(59(43)57)31-51(41)53)39-17-13-37(14-18-39)38-15-19-40(20-16-38)48-30-54-44-24-12-36(4)58-46-8-6-26-64-62(46)56(60(44)58)32-52(54)42-22-10-34(2)28-50(42)48/h5-32H,1-4H3.